The standard InChI is InChI=1S/C20H28N4O3/c1-20(2,18(26)23-10-8-21(16-25)9-11-23)19(27)24-14-12-22(13-15-24)17-6-4-3-5-7-17/h3-7,16H,8-15H2,1-2H3. The molecule has 3 amide bonds. The Balaban J connectivity index is 1.58. The molecule has 1 aromatic rings. The molecular formula is C20H28N4O3. The van der Waals surface area contributed by atoms with Crippen LogP contribution in [0.1, 0.15) is 13.8 Å². The average Bonchev–Trinajstić information content (AvgIpc) is 2.73. The van der Waals surface area contributed by atoms with Crippen LogP contribution in [0.25, 0.3) is 0 Å². The molecule has 0 radical (unpaired) electrons. The fourth-order valence-corrected chi connectivity index (χ4v) is 3.72. The van der Waals surface area contributed by atoms with Crippen molar-refractivity contribution in [3.05, 3.63) is 30.3 Å². The first-order chi connectivity index (χ1) is 12.9. The summed E-state index contributed by atoms with van der Waals surface area (Å²) in [5.74, 6) is -0.262. The lowest BCUT2D eigenvalue weighted by atomic mass is 9.89. The van der Waals surface area contributed by atoms with Gasteiger partial charge in [0.2, 0.25) is 18.2 Å². The SMILES string of the molecule is CC(C)(C(=O)N1CCN(C=O)CC1)C(=O)N1CCN(c2ccccc2)CC1. The molecule has 0 bridgehead atoms. The van der Waals surface area contributed by atoms with E-state index in [0.29, 0.717) is 39.3 Å². The Hall–Kier alpha value is -2.57. The predicted octanol–water partition coefficient (Wildman–Crippen LogP) is 0.662. The molecule has 0 aliphatic carbocycles. The third-order valence-corrected chi connectivity index (χ3v) is 5.51. The lowest BCUT2D eigenvalue weighted by molar-refractivity contribution is -0.155. The van der Waals surface area contributed by atoms with Gasteiger partial charge in [-0.2, -0.15) is 0 Å². The molecule has 1 aromatic carbocycles. The number of amides is 3. The van der Waals surface area contributed by atoms with E-state index in [0.717, 1.165) is 25.2 Å². The third kappa shape index (κ3) is 4.07. The van der Waals surface area contributed by atoms with E-state index >= 15 is 0 Å². The number of rotatable bonds is 4. The highest BCUT2D eigenvalue weighted by Crippen LogP contribution is 2.25. The van der Waals surface area contributed by atoms with Gasteiger partial charge in [-0.25, -0.2) is 0 Å². The van der Waals surface area contributed by atoms with Crippen LogP contribution in [-0.4, -0.2) is 85.3 Å². The van der Waals surface area contributed by atoms with Gasteiger partial charge in [0.15, 0.2) is 0 Å². The number of anilines is 1. The Morgan fingerprint density at radius 2 is 1.30 bits per heavy atom. The molecule has 0 saturated carbocycles. The van der Waals surface area contributed by atoms with E-state index in [4.69, 9.17) is 0 Å². The lowest BCUT2D eigenvalue weighted by Gasteiger charge is -2.41. The van der Waals surface area contributed by atoms with E-state index in [2.05, 4.69) is 17.0 Å². The summed E-state index contributed by atoms with van der Waals surface area (Å²) in [5.41, 5.74) is 0.0751. The maximum Gasteiger partial charge on any atom is 0.237 e. The topological polar surface area (TPSA) is 64.2 Å². The van der Waals surface area contributed by atoms with Crippen LogP contribution < -0.4 is 4.90 Å². The van der Waals surface area contributed by atoms with Crippen molar-refractivity contribution in [2.45, 2.75) is 13.8 Å². The molecule has 27 heavy (non-hydrogen) atoms. The van der Waals surface area contributed by atoms with E-state index in [1.807, 2.05) is 18.2 Å². The quantitative estimate of drug-likeness (QED) is 0.575. The largest absolute Gasteiger partial charge is 0.368 e. The lowest BCUT2D eigenvalue weighted by Crippen LogP contribution is -2.58. The molecule has 0 N–H and O–H groups in total. The van der Waals surface area contributed by atoms with E-state index in [1.54, 1.807) is 28.5 Å². The maximum atomic E-state index is 13.1. The van der Waals surface area contributed by atoms with Crippen LogP contribution in [-0.2, 0) is 14.4 Å². The van der Waals surface area contributed by atoms with Crippen LogP contribution in [0.5, 0.6) is 0 Å². The molecule has 2 aliphatic rings. The molecule has 2 saturated heterocycles. The minimum atomic E-state index is -1.09. The summed E-state index contributed by atoms with van der Waals surface area (Å²) in [6.45, 7) is 8.19. The maximum absolute atomic E-state index is 13.1. The molecule has 146 valence electrons. The van der Waals surface area contributed by atoms with E-state index in [-0.39, 0.29) is 11.8 Å². The van der Waals surface area contributed by atoms with Gasteiger partial charge in [-0.05, 0) is 26.0 Å². The van der Waals surface area contributed by atoms with Gasteiger partial charge in [-0.15, -0.1) is 0 Å². The van der Waals surface area contributed by atoms with E-state index < -0.39 is 5.41 Å². The highest BCUT2D eigenvalue weighted by atomic mass is 16.2. The number of hydrogen-bond donors (Lipinski definition) is 0. The summed E-state index contributed by atoms with van der Waals surface area (Å²) in [7, 11) is 0. The van der Waals surface area contributed by atoms with Crippen LogP contribution in [0.3, 0.4) is 0 Å². The van der Waals surface area contributed by atoms with Crippen LogP contribution in [0.15, 0.2) is 30.3 Å². The third-order valence-electron chi connectivity index (χ3n) is 5.51. The molecule has 0 unspecified atom stereocenters. The summed E-state index contributed by atoms with van der Waals surface area (Å²) >= 11 is 0. The number of para-hydroxylation sites is 1. The predicted molar refractivity (Wildman–Crippen MR) is 103 cm³/mol. The zero-order valence-electron chi connectivity index (χ0n) is 16.1. The van der Waals surface area contributed by atoms with Crippen LogP contribution in [0.2, 0.25) is 0 Å². The molecule has 2 aliphatic heterocycles. The minimum absolute atomic E-state index is 0.113. The smallest absolute Gasteiger partial charge is 0.237 e. The molecule has 3 rings (SSSR count). The minimum Gasteiger partial charge on any atom is -0.368 e. The van der Waals surface area contributed by atoms with Crippen molar-refractivity contribution < 1.29 is 14.4 Å². The Morgan fingerprint density at radius 1 is 0.815 bits per heavy atom. The van der Waals surface area contributed by atoms with Crippen molar-refractivity contribution in [2.24, 2.45) is 5.41 Å². The van der Waals surface area contributed by atoms with Gasteiger partial charge in [0.05, 0.1) is 0 Å². The van der Waals surface area contributed by atoms with Gasteiger partial charge < -0.3 is 19.6 Å². The molecule has 0 aromatic heterocycles. The molecule has 2 fully saturated rings. The summed E-state index contributed by atoms with van der Waals surface area (Å²) in [4.78, 5) is 44.3. The molecule has 0 spiro atoms. The van der Waals surface area contributed by atoms with Crippen LogP contribution in [0.4, 0.5) is 5.69 Å². The normalized spacial score (nSPS) is 18.4. The van der Waals surface area contributed by atoms with E-state index in [9.17, 15) is 14.4 Å². The van der Waals surface area contributed by atoms with Gasteiger partial charge in [0, 0.05) is 58.0 Å². The zero-order valence-corrected chi connectivity index (χ0v) is 16.1. The molecule has 7 nitrogen and oxygen atoms in total. The van der Waals surface area contributed by atoms with Crippen molar-refractivity contribution in [1.29, 1.82) is 0 Å². The average molecular weight is 372 g/mol. The van der Waals surface area contributed by atoms with Gasteiger partial charge in [0.1, 0.15) is 5.41 Å². The zero-order chi connectivity index (χ0) is 19.4. The van der Waals surface area contributed by atoms with Gasteiger partial charge in [-0.3, -0.25) is 14.4 Å². The Kier molecular flexibility index (Phi) is 5.68. The number of piperazine rings is 2. The second-order valence-electron chi connectivity index (χ2n) is 7.67. The first-order valence-electron chi connectivity index (χ1n) is 9.51. The highest BCUT2D eigenvalue weighted by Gasteiger charge is 2.42. The molecule has 2 heterocycles. The van der Waals surface area contributed by atoms with Crippen molar-refractivity contribution in [3.8, 4) is 0 Å². The first-order valence-corrected chi connectivity index (χ1v) is 9.51. The number of carbonyl (C=O) groups excluding carboxylic acids is 3. The van der Waals surface area contributed by atoms with Crippen LogP contribution in [0, 0.1) is 5.41 Å². The van der Waals surface area contributed by atoms with Crippen molar-refractivity contribution in [2.75, 3.05) is 57.3 Å². The van der Waals surface area contributed by atoms with Gasteiger partial charge in [0.25, 0.3) is 0 Å². The molecule has 0 atom stereocenters. The van der Waals surface area contributed by atoms with E-state index in [1.165, 1.54) is 0 Å². The Bertz CT molecular complexity index is 676. The molecule has 7 heteroatoms. The second-order valence-corrected chi connectivity index (χ2v) is 7.67. The number of nitrogens with zero attached hydrogens (tertiary/aromatic N) is 4. The number of benzene rings is 1. The van der Waals surface area contributed by atoms with Gasteiger partial charge in [-0.1, -0.05) is 18.2 Å². The Labute approximate surface area is 160 Å². The Morgan fingerprint density at radius 3 is 1.78 bits per heavy atom. The monoisotopic (exact) mass is 372 g/mol. The fourth-order valence-electron chi connectivity index (χ4n) is 3.72. The molecular weight excluding hydrogens is 344 g/mol. The fraction of sp³-hybridized carbons (Fsp3) is 0.550. The van der Waals surface area contributed by atoms with Crippen molar-refractivity contribution in [1.82, 2.24) is 14.7 Å². The summed E-state index contributed by atoms with van der Waals surface area (Å²) in [5, 5.41) is 0. The van der Waals surface area contributed by atoms with Crippen LogP contribution >= 0.6 is 0 Å². The highest BCUT2D eigenvalue weighted by molar-refractivity contribution is 6.04. The summed E-state index contributed by atoms with van der Waals surface area (Å²) in [6, 6.07) is 10.2. The van der Waals surface area contributed by atoms with Crippen molar-refractivity contribution in [3.63, 3.8) is 0 Å². The second kappa shape index (κ2) is 7.98. The van der Waals surface area contributed by atoms with Crippen molar-refractivity contribution >= 4 is 23.9 Å². The van der Waals surface area contributed by atoms with Gasteiger partial charge >= 0.3 is 0 Å². The number of hydrogen-bond acceptors (Lipinski definition) is 4. The number of carbonyl (C=O) groups is 3. The summed E-state index contributed by atoms with van der Waals surface area (Å²) < 4.78 is 0. The summed E-state index contributed by atoms with van der Waals surface area (Å²) in [6.07, 6.45) is 0.810. The first kappa shape index (κ1) is 19.2.